The number of primary amides is 1. The molecule has 2 aliphatic rings. The second-order valence-electron chi connectivity index (χ2n) is 12.3. The number of carbonyl (C=O) groups excluding carboxylic acids is 2. The number of hydrogen-bond donors (Lipinski definition) is 3. The minimum absolute atomic E-state index is 0.0153. The molecule has 0 aromatic heterocycles. The molecule has 2 heterocycles. The van der Waals surface area contributed by atoms with Crippen LogP contribution in [0.4, 0.5) is 0 Å². The highest BCUT2D eigenvalue weighted by atomic mass is 16.7. The molecule has 0 saturated heterocycles. The van der Waals surface area contributed by atoms with Crippen LogP contribution in [0.2, 0.25) is 0 Å². The molecule has 12 heteroatoms. The summed E-state index contributed by atoms with van der Waals surface area (Å²) in [5, 5.41) is 4.74. The molecule has 6 rings (SSSR count). The molecule has 2 amide bonds. The predicted octanol–water partition coefficient (Wildman–Crippen LogP) is 5.04. The van der Waals surface area contributed by atoms with Crippen LogP contribution in [0.25, 0.3) is 0 Å². The fourth-order valence-corrected chi connectivity index (χ4v) is 5.20. The number of fused-ring (bicyclic) bond motifs is 2. The molecule has 256 valence electrons. The summed E-state index contributed by atoms with van der Waals surface area (Å²) in [6.07, 6.45) is 0. The van der Waals surface area contributed by atoms with Crippen molar-refractivity contribution in [2.45, 2.75) is 46.0 Å². The molecule has 49 heavy (non-hydrogen) atoms. The van der Waals surface area contributed by atoms with E-state index in [0.29, 0.717) is 54.2 Å². The van der Waals surface area contributed by atoms with Gasteiger partial charge < -0.3 is 34.2 Å². The molecule has 0 saturated carbocycles. The van der Waals surface area contributed by atoms with Gasteiger partial charge >= 0.3 is 0 Å². The molecule has 4 aromatic carbocycles. The number of nitrogens with two attached hydrogens (primary N) is 1. The number of hydrazine groups is 1. The molecule has 0 radical (unpaired) electrons. The number of hydrogen-bond acceptors (Lipinski definition) is 10. The summed E-state index contributed by atoms with van der Waals surface area (Å²) in [5.74, 6) is 3.68. The van der Waals surface area contributed by atoms with E-state index in [1.165, 1.54) is 5.01 Å². The van der Waals surface area contributed by atoms with E-state index in [1.54, 1.807) is 19.1 Å². The van der Waals surface area contributed by atoms with E-state index in [1.807, 2.05) is 86.6 Å². The van der Waals surface area contributed by atoms with Gasteiger partial charge in [-0.15, -0.1) is 0 Å². The van der Waals surface area contributed by atoms with Crippen LogP contribution in [-0.4, -0.2) is 42.5 Å². The highest BCUT2D eigenvalue weighted by molar-refractivity contribution is 5.86. The molecule has 1 unspecified atom stereocenters. The molecule has 4 aromatic rings. The zero-order valence-electron chi connectivity index (χ0n) is 27.7. The van der Waals surface area contributed by atoms with Crippen molar-refractivity contribution in [1.82, 2.24) is 15.8 Å². The van der Waals surface area contributed by atoms with E-state index in [4.69, 9.17) is 34.2 Å². The first-order chi connectivity index (χ1) is 23.6. The summed E-state index contributed by atoms with van der Waals surface area (Å²) < 4.78 is 33.5. The van der Waals surface area contributed by atoms with E-state index < -0.39 is 11.4 Å². The molecule has 0 fully saturated rings. The summed E-state index contributed by atoms with van der Waals surface area (Å²) in [6.45, 7) is 6.81. The average molecular weight is 669 g/mol. The van der Waals surface area contributed by atoms with Crippen molar-refractivity contribution in [1.29, 1.82) is 0 Å². The van der Waals surface area contributed by atoms with Gasteiger partial charge in [-0.2, -0.15) is 0 Å². The molecule has 4 N–H and O–H groups in total. The van der Waals surface area contributed by atoms with Crippen LogP contribution in [0.15, 0.2) is 84.9 Å². The highest BCUT2D eigenvalue weighted by Gasteiger charge is 2.35. The van der Waals surface area contributed by atoms with Gasteiger partial charge in [-0.05, 0) is 72.1 Å². The third-order valence-corrected chi connectivity index (χ3v) is 8.20. The van der Waals surface area contributed by atoms with Crippen LogP contribution in [0, 0.1) is 5.92 Å². The molecule has 1 atom stereocenters. The molecule has 0 spiro atoms. The molecule has 0 aliphatic carbocycles. The van der Waals surface area contributed by atoms with Gasteiger partial charge in [-0.1, -0.05) is 44.2 Å². The lowest BCUT2D eigenvalue weighted by atomic mass is 9.99. The monoisotopic (exact) mass is 668 g/mol. The van der Waals surface area contributed by atoms with E-state index in [9.17, 15) is 9.59 Å². The van der Waals surface area contributed by atoms with Crippen molar-refractivity contribution in [3.05, 3.63) is 102 Å². The Balaban J connectivity index is 1.03. The van der Waals surface area contributed by atoms with Crippen LogP contribution < -0.4 is 44.9 Å². The largest absolute Gasteiger partial charge is 0.489 e. The van der Waals surface area contributed by atoms with Gasteiger partial charge in [0.05, 0.1) is 6.54 Å². The van der Waals surface area contributed by atoms with Gasteiger partial charge in [0.15, 0.2) is 23.0 Å². The fraction of sp³-hybridized carbons (Fsp3) is 0.297. The summed E-state index contributed by atoms with van der Waals surface area (Å²) in [7, 11) is 0. The summed E-state index contributed by atoms with van der Waals surface area (Å²) in [6, 6.07) is 26.2. The molecule has 12 nitrogen and oxygen atoms in total. The first kappa shape index (κ1) is 33.4. The Morgan fingerprint density at radius 1 is 0.755 bits per heavy atom. The lowest BCUT2D eigenvalue weighted by Crippen LogP contribution is -2.62. The van der Waals surface area contributed by atoms with Gasteiger partial charge in [0.25, 0.3) is 0 Å². The molecule has 0 bridgehead atoms. The Hall–Kier alpha value is -5.46. The van der Waals surface area contributed by atoms with Gasteiger partial charge in [-0.3, -0.25) is 19.9 Å². The fourth-order valence-electron chi connectivity index (χ4n) is 5.20. The molecular weight excluding hydrogens is 628 g/mol. The van der Waals surface area contributed by atoms with Crippen molar-refractivity contribution in [2.24, 2.45) is 11.7 Å². The smallest absolute Gasteiger partial charge is 0.239 e. The third kappa shape index (κ3) is 8.34. The Morgan fingerprint density at radius 3 is 1.96 bits per heavy atom. The van der Waals surface area contributed by atoms with Gasteiger partial charge in [0.1, 0.15) is 29.4 Å². The van der Waals surface area contributed by atoms with Crippen LogP contribution in [0.1, 0.15) is 37.5 Å². The Kier molecular flexibility index (Phi) is 10.1. The van der Waals surface area contributed by atoms with Crippen molar-refractivity contribution in [3.63, 3.8) is 0 Å². The highest BCUT2D eigenvalue weighted by Crippen LogP contribution is 2.37. The van der Waals surface area contributed by atoms with Crippen LogP contribution >= 0.6 is 0 Å². The van der Waals surface area contributed by atoms with E-state index in [0.717, 1.165) is 22.4 Å². The van der Waals surface area contributed by atoms with Crippen molar-refractivity contribution >= 4 is 11.8 Å². The molecular formula is C37H40N4O8. The standard InChI is InChI=1S/C37H40N4O8/c1-24(2)35(42)41(40-19-26-6-11-29(12-7-26)49-30-13-15-32-34(17-30)48-23-46-32)21-37(3,36(38)43)39-18-25-4-9-28(10-5-25)44-20-27-8-14-31-33(16-27)47-22-45-31/h4-17,24,39-40H,18-23H2,1-3H3,(H2,38,43). The summed E-state index contributed by atoms with van der Waals surface area (Å²) in [5.41, 5.74) is 10.7. The maximum absolute atomic E-state index is 13.3. The number of nitrogens with zero attached hydrogens (tertiary/aromatic N) is 1. The number of ether oxygens (including phenoxy) is 6. The maximum Gasteiger partial charge on any atom is 0.239 e. The van der Waals surface area contributed by atoms with Crippen molar-refractivity contribution in [2.75, 3.05) is 20.1 Å². The number of carbonyl (C=O) groups is 2. The van der Waals surface area contributed by atoms with E-state index >= 15 is 0 Å². The Morgan fingerprint density at radius 2 is 1.31 bits per heavy atom. The molecule has 2 aliphatic heterocycles. The lowest BCUT2D eigenvalue weighted by Gasteiger charge is -2.35. The zero-order valence-corrected chi connectivity index (χ0v) is 27.7. The Labute approximate surface area is 285 Å². The number of benzene rings is 4. The predicted molar refractivity (Wildman–Crippen MR) is 180 cm³/mol. The van der Waals surface area contributed by atoms with E-state index in [2.05, 4.69) is 10.7 Å². The van der Waals surface area contributed by atoms with Gasteiger partial charge in [0.2, 0.25) is 25.4 Å². The van der Waals surface area contributed by atoms with Crippen LogP contribution in [0.3, 0.4) is 0 Å². The zero-order chi connectivity index (χ0) is 34.4. The first-order valence-corrected chi connectivity index (χ1v) is 16.0. The number of rotatable bonds is 15. The van der Waals surface area contributed by atoms with Crippen LogP contribution in [-0.2, 0) is 29.3 Å². The first-order valence-electron chi connectivity index (χ1n) is 16.0. The minimum Gasteiger partial charge on any atom is -0.489 e. The lowest BCUT2D eigenvalue weighted by molar-refractivity contribution is -0.140. The van der Waals surface area contributed by atoms with Crippen molar-refractivity contribution in [3.8, 4) is 40.2 Å². The summed E-state index contributed by atoms with van der Waals surface area (Å²) in [4.78, 5) is 26.0. The van der Waals surface area contributed by atoms with Gasteiger partial charge in [0, 0.05) is 25.1 Å². The second-order valence-corrected chi connectivity index (χ2v) is 12.3. The van der Waals surface area contributed by atoms with E-state index in [-0.39, 0.29) is 32.0 Å². The van der Waals surface area contributed by atoms with Crippen molar-refractivity contribution < 1.29 is 38.0 Å². The second kappa shape index (κ2) is 14.8. The third-order valence-electron chi connectivity index (χ3n) is 8.20. The number of amides is 2. The minimum atomic E-state index is -1.23. The SMILES string of the molecule is CC(C)C(=O)N(CC(C)(NCc1ccc(OCc2ccc3c(c2)OCO3)cc1)C(N)=O)NCc1ccc(Oc2ccc3c(c2)OCO3)cc1. The number of nitrogens with one attached hydrogen (secondary N) is 2. The van der Waals surface area contributed by atoms with Gasteiger partial charge in [-0.25, -0.2) is 5.43 Å². The topological polar surface area (TPSA) is 143 Å². The normalized spacial score (nSPS) is 14.0. The Bertz CT molecular complexity index is 1780. The quantitative estimate of drug-likeness (QED) is 0.148. The maximum atomic E-state index is 13.3. The van der Waals surface area contributed by atoms with Crippen LogP contribution in [0.5, 0.6) is 40.2 Å². The summed E-state index contributed by atoms with van der Waals surface area (Å²) >= 11 is 0. The average Bonchev–Trinajstić information content (AvgIpc) is 3.78.